The quantitative estimate of drug-likeness (QED) is 0.262. The lowest BCUT2D eigenvalue weighted by Crippen LogP contribution is -2.19. The number of nitrogens with one attached hydrogen (secondary N) is 3. The molecule has 4 aromatic rings. The van der Waals surface area contributed by atoms with Crippen molar-refractivity contribution in [3.8, 4) is 11.4 Å². The van der Waals surface area contributed by atoms with Crippen molar-refractivity contribution in [1.29, 1.82) is 5.41 Å². The molecular weight excluding hydrogens is 428 g/mol. The number of aliphatic hydroxyl groups excluding tert-OH is 1. The number of fused-ring (bicyclic) bond motifs is 1. The molecule has 0 amide bonds. The van der Waals surface area contributed by atoms with Crippen molar-refractivity contribution in [3.05, 3.63) is 60.2 Å². The molecule has 1 unspecified atom stereocenters. The summed E-state index contributed by atoms with van der Waals surface area (Å²) >= 11 is 0. The fourth-order valence-corrected chi connectivity index (χ4v) is 3.62. The van der Waals surface area contributed by atoms with Gasteiger partial charge in [-0.3, -0.25) is 9.67 Å². The van der Waals surface area contributed by atoms with Crippen LogP contribution in [-0.2, 0) is 6.54 Å². The molecule has 0 aliphatic carbocycles. The van der Waals surface area contributed by atoms with Crippen LogP contribution in [0.3, 0.4) is 0 Å². The van der Waals surface area contributed by atoms with Gasteiger partial charge >= 0.3 is 0 Å². The molecule has 34 heavy (non-hydrogen) atoms. The number of hydrogen-bond acceptors (Lipinski definition) is 8. The molecule has 3 heterocycles. The molecule has 2 atom stereocenters. The maximum Gasteiger partial charge on any atom is 0.165 e. The minimum atomic E-state index is -0.0898. The molecule has 9 heteroatoms. The van der Waals surface area contributed by atoms with Crippen LogP contribution in [0.1, 0.15) is 44.5 Å². The summed E-state index contributed by atoms with van der Waals surface area (Å²) in [6.45, 7) is 6.63. The molecule has 0 saturated carbocycles. The monoisotopic (exact) mass is 458 g/mol. The van der Waals surface area contributed by atoms with Crippen LogP contribution in [0.4, 0.5) is 11.5 Å². The second-order valence-electron chi connectivity index (χ2n) is 8.30. The zero-order valence-electron chi connectivity index (χ0n) is 19.7. The van der Waals surface area contributed by atoms with Crippen molar-refractivity contribution in [2.75, 3.05) is 17.2 Å². The minimum Gasteiger partial charge on any atom is -0.394 e. The van der Waals surface area contributed by atoms with Gasteiger partial charge in [-0.05, 0) is 38.0 Å². The average molecular weight is 459 g/mol. The van der Waals surface area contributed by atoms with Crippen molar-refractivity contribution in [3.63, 3.8) is 0 Å². The molecule has 0 radical (unpaired) electrons. The fraction of sp³-hybridized carbons (Fsp3) is 0.320. The highest BCUT2D eigenvalue weighted by molar-refractivity contribution is 5.89. The van der Waals surface area contributed by atoms with Crippen LogP contribution in [-0.4, -0.2) is 48.7 Å². The van der Waals surface area contributed by atoms with Crippen LogP contribution in [0.2, 0.25) is 0 Å². The van der Waals surface area contributed by atoms with Gasteiger partial charge in [0.1, 0.15) is 11.4 Å². The predicted octanol–water partition coefficient (Wildman–Crippen LogP) is 4.26. The van der Waals surface area contributed by atoms with Crippen molar-refractivity contribution in [2.45, 2.75) is 45.8 Å². The van der Waals surface area contributed by atoms with E-state index < -0.39 is 0 Å². The Morgan fingerprint density at radius 3 is 2.74 bits per heavy atom. The lowest BCUT2D eigenvalue weighted by molar-refractivity contribution is 0.269. The van der Waals surface area contributed by atoms with E-state index in [9.17, 15) is 5.11 Å². The van der Waals surface area contributed by atoms with E-state index in [1.165, 1.54) is 6.21 Å². The number of rotatable bonds is 10. The van der Waals surface area contributed by atoms with Crippen LogP contribution >= 0.6 is 0 Å². The van der Waals surface area contributed by atoms with Crippen molar-refractivity contribution >= 4 is 28.6 Å². The Labute approximate surface area is 198 Å². The number of aliphatic hydroxyl groups is 1. The number of hydrogen-bond donors (Lipinski definition) is 4. The molecule has 4 N–H and O–H groups in total. The van der Waals surface area contributed by atoms with Gasteiger partial charge in [0.05, 0.1) is 36.5 Å². The Morgan fingerprint density at radius 2 is 1.97 bits per heavy atom. The van der Waals surface area contributed by atoms with Crippen LogP contribution in [0.25, 0.3) is 22.3 Å². The smallest absolute Gasteiger partial charge is 0.165 e. The Hall–Kier alpha value is -3.85. The van der Waals surface area contributed by atoms with E-state index in [1.807, 2.05) is 24.4 Å². The standard InChI is InChI=1S/C25H30N8O/c1-4-16(2)29-23-22(12-26)31-24(20-14-28-33(15-20)9-10-34)32-25(23)30-17(3)19-11-18-7-5-6-8-21(18)27-13-19/h5-8,11-17,26,29,34H,4,9-10H2,1-3H3,(H,30,31,32)/t16?,17-/m1/s1. The van der Waals surface area contributed by atoms with Gasteiger partial charge in [0.15, 0.2) is 11.6 Å². The molecule has 0 spiro atoms. The zero-order valence-corrected chi connectivity index (χ0v) is 19.7. The molecule has 1 aromatic carbocycles. The summed E-state index contributed by atoms with van der Waals surface area (Å²) < 4.78 is 1.64. The normalized spacial score (nSPS) is 12.9. The average Bonchev–Trinajstić information content (AvgIpc) is 3.33. The number of aromatic nitrogens is 5. The highest BCUT2D eigenvalue weighted by Crippen LogP contribution is 2.30. The SMILES string of the molecule is CCC(C)Nc1c(C=N)nc(-c2cnn(CCO)c2)nc1N[C@H](C)c1cnc2ccccc2c1. The van der Waals surface area contributed by atoms with Crippen molar-refractivity contribution in [2.24, 2.45) is 0 Å². The van der Waals surface area contributed by atoms with Gasteiger partial charge < -0.3 is 21.1 Å². The zero-order chi connectivity index (χ0) is 24.1. The highest BCUT2D eigenvalue weighted by Gasteiger charge is 2.19. The first kappa shape index (κ1) is 23.3. The molecule has 0 saturated heterocycles. The van der Waals surface area contributed by atoms with Crippen LogP contribution in [0, 0.1) is 5.41 Å². The minimum absolute atomic E-state index is 0.00436. The van der Waals surface area contributed by atoms with E-state index in [1.54, 1.807) is 17.1 Å². The summed E-state index contributed by atoms with van der Waals surface area (Å²) in [5.41, 5.74) is 3.88. The third-order valence-corrected chi connectivity index (χ3v) is 5.76. The van der Waals surface area contributed by atoms with Gasteiger partial charge in [0.2, 0.25) is 0 Å². The highest BCUT2D eigenvalue weighted by atomic mass is 16.3. The topological polar surface area (TPSA) is 125 Å². The number of anilines is 2. The number of para-hydroxylation sites is 1. The number of benzene rings is 1. The van der Waals surface area contributed by atoms with Crippen LogP contribution in [0.15, 0.2) is 48.9 Å². The van der Waals surface area contributed by atoms with Gasteiger partial charge in [-0.25, -0.2) is 9.97 Å². The van der Waals surface area contributed by atoms with Crippen molar-refractivity contribution < 1.29 is 5.11 Å². The lowest BCUT2D eigenvalue weighted by Gasteiger charge is -2.22. The molecule has 3 aromatic heterocycles. The Balaban J connectivity index is 1.74. The van der Waals surface area contributed by atoms with E-state index in [0.29, 0.717) is 29.6 Å². The van der Waals surface area contributed by atoms with Gasteiger partial charge in [0.25, 0.3) is 0 Å². The van der Waals surface area contributed by atoms with Gasteiger partial charge in [-0.1, -0.05) is 25.1 Å². The molecular formula is C25H30N8O. The summed E-state index contributed by atoms with van der Waals surface area (Å²) in [4.78, 5) is 14.0. The van der Waals surface area contributed by atoms with E-state index >= 15 is 0 Å². The number of nitrogens with zero attached hydrogens (tertiary/aromatic N) is 5. The fourth-order valence-electron chi connectivity index (χ4n) is 3.62. The second kappa shape index (κ2) is 10.4. The maximum atomic E-state index is 9.20. The van der Waals surface area contributed by atoms with Gasteiger partial charge in [-0.15, -0.1) is 0 Å². The summed E-state index contributed by atoms with van der Waals surface area (Å²) in [6, 6.07) is 10.2. The Morgan fingerprint density at radius 1 is 1.15 bits per heavy atom. The van der Waals surface area contributed by atoms with Gasteiger partial charge in [-0.2, -0.15) is 5.10 Å². The molecule has 0 aliphatic heterocycles. The molecule has 4 rings (SSSR count). The Bertz CT molecular complexity index is 1290. The summed E-state index contributed by atoms with van der Waals surface area (Å²) in [7, 11) is 0. The first-order chi connectivity index (χ1) is 16.5. The largest absolute Gasteiger partial charge is 0.394 e. The molecule has 0 aliphatic rings. The van der Waals surface area contributed by atoms with E-state index in [-0.39, 0.29) is 18.7 Å². The van der Waals surface area contributed by atoms with E-state index in [0.717, 1.165) is 28.5 Å². The molecule has 176 valence electrons. The number of pyridine rings is 1. The van der Waals surface area contributed by atoms with Gasteiger partial charge in [0, 0.05) is 30.0 Å². The first-order valence-corrected chi connectivity index (χ1v) is 11.5. The van der Waals surface area contributed by atoms with Crippen LogP contribution < -0.4 is 10.6 Å². The third kappa shape index (κ3) is 5.04. The third-order valence-electron chi connectivity index (χ3n) is 5.76. The maximum absolute atomic E-state index is 9.20. The first-order valence-electron chi connectivity index (χ1n) is 11.5. The Kier molecular flexibility index (Phi) is 7.12. The van der Waals surface area contributed by atoms with Crippen LogP contribution in [0.5, 0.6) is 0 Å². The second-order valence-corrected chi connectivity index (χ2v) is 8.30. The molecule has 0 fully saturated rings. The summed E-state index contributed by atoms with van der Waals surface area (Å²) in [6.07, 6.45) is 7.49. The molecule has 9 nitrogen and oxygen atoms in total. The predicted molar refractivity (Wildman–Crippen MR) is 135 cm³/mol. The summed E-state index contributed by atoms with van der Waals surface area (Å²) in [5.74, 6) is 1.07. The summed E-state index contributed by atoms with van der Waals surface area (Å²) in [5, 5.41) is 29.5. The molecule has 0 bridgehead atoms. The van der Waals surface area contributed by atoms with E-state index in [4.69, 9.17) is 10.4 Å². The van der Waals surface area contributed by atoms with Crippen molar-refractivity contribution in [1.82, 2.24) is 24.7 Å². The van der Waals surface area contributed by atoms with E-state index in [2.05, 4.69) is 58.6 Å². The lowest BCUT2D eigenvalue weighted by atomic mass is 10.1.